The second-order valence-corrected chi connectivity index (χ2v) is 6.16. The number of rotatable bonds is 3. The van der Waals surface area contributed by atoms with Crippen LogP contribution in [-0.4, -0.2) is 67.1 Å². The van der Waals surface area contributed by atoms with Crippen molar-refractivity contribution in [2.24, 2.45) is 0 Å². The molecule has 1 N–H and O–H groups in total. The minimum atomic E-state index is -4.78. The first-order valence-corrected chi connectivity index (χ1v) is 7.45. The van der Waals surface area contributed by atoms with E-state index < -0.39 is 38.1 Å². The molecule has 0 radical (unpaired) electrons. The van der Waals surface area contributed by atoms with E-state index in [0.717, 1.165) is 14.2 Å². The number of methoxy groups -OCH3 is 2. The first-order chi connectivity index (χ1) is 8.72. The molecule has 1 aromatic rings. The Labute approximate surface area is 127 Å². The molecule has 0 amide bonds. The van der Waals surface area contributed by atoms with Gasteiger partial charge in [-0.05, 0) is 0 Å². The summed E-state index contributed by atoms with van der Waals surface area (Å²) >= 11 is 0.460. The van der Waals surface area contributed by atoms with Crippen LogP contribution in [0, 0.1) is 0 Å². The Balaban J connectivity index is 3.79. The molecule has 98 valence electrons. The summed E-state index contributed by atoms with van der Waals surface area (Å²) in [6, 6.07) is 2.52. The molecule has 0 aliphatic rings. The normalized spacial score (nSPS) is 11.0. The third-order valence-electron chi connectivity index (χ3n) is 2.30. The molecule has 0 aromatic heterocycles. The molecule has 19 heavy (non-hydrogen) atoms. The van der Waals surface area contributed by atoms with Gasteiger partial charge in [0.05, 0.1) is 0 Å². The molecule has 0 unspecified atom stereocenters. The predicted molar refractivity (Wildman–Crippen MR) is 64.3 cm³/mol. The summed E-state index contributed by atoms with van der Waals surface area (Å²) in [6.07, 6.45) is 0. The number of hydrogen-bond donors (Lipinski definition) is 1. The maximum atomic E-state index is 11.6. The average molecular weight is 296 g/mol. The third kappa shape index (κ3) is 3.54. The van der Waals surface area contributed by atoms with Gasteiger partial charge in [0.2, 0.25) is 0 Å². The van der Waals surface area contributed by atoms with Crippen LogP contribution in [0.5, 0.6) is 0 Å². The van der Waals surface area contributed by atoms with Gasteiger partial charge in [0, 0.05) is 0 Å². The van der Waals surface area contributed by atoms with Crippen LogP contribution in [0.4, 0.5) is 0 Å². The Bertz CT molecular complexity index is 598. The van der Waals surface area contributed by atoms with Gasteiger partial charge < -0.3 is 0 Å². The molecule has 0 spiro atoms. The van der Waals surface area contributed by atoms with Gasteiger partial charge in [0.1, 0.15) is 0 Å². The molecule has 0 atom stereocenters. The second-order valence-electron chi connectivity index (χ2n) is 3.65. The van der Waals surface area contributed by atoms with E-state index in [1.807, 2.05) is 0 Å². The van der Waals surface area contributed by atoms with E-state index in [4.69, 9.17) is 0 Å². The van der Waals surface area contributed by atoms with Crippen molar-refractivity contribution in [1.29, 1.82) is 0 Å². The number of esters is 2. The van der Waals surface area contributed by atoms with E-state index in [-0.39, 0.29) is 0 Å². The fourth-order valence-corrected chi connectivity index (χ4v) is 2.99. The van der Waals surface area contributed by atoms with E-state index >= 15 is 0 Å². The molecule has 0 saturated carbocycles. The van der Waals surface area contributed by atoms with Crippen LogP contribution < -0.4 is 2.81 Å². The molecule has 0 bridgehead atoms. The summed E-state index contributed by atoms with van der Waals surface area (Å²) in [4.78, 5) is 22.3. The molecule has 1 aromatic carbocycles. The van der Waals surface area contributed by atoms with E-state index in [9.17, 15) is 22.6 Å². The van der Waals surface area contributed by atoms with Gasteiger partial charge in [0.15, 0.2) is 0 Å². The van der Waals surface area contributed by atoms with Gasteiger partial charge in [0.25, 0.3) is 0 Å². The fourth-order valence-electron chi connectivity index (χ4n) is 1.57. The molecule has 7 nitrogen and oxygen atoms in total. The van der Waals surface area contributed by atoms with E-state index in [1.165, 1.54) is 12.1 Å². The molecular formula is C10H9NaO7S. The van der Waals surface area contributed by atoms with Crippen LogP contribution >= 0.6 is 0 Å². The number of ether oxygens (including phenoxy) is 2. The average Bonchev–Trinajstić information content (AvgIpc) is 2.34. The molecular weight excluding hydrogens is 287 g/mol. The summed E-state index contributed by atoms with van der Waals surface area (Å²) in [5.41, 5.74) is -0.782. The Kier molecular flexibility index (Phi) is 5.11. The number of carbonyl (C=O) groups is 2. The van der Waals surface area contributed by atoms with E-state index in [1.54, 1.807) is 0 Å². The zero-order valence-electron chi connectivity index (χ0n) is 10.5. The molecule has 0 fully saturated rings. The first kappa shape index (κ1) is 16.1. The van der Waals surface area contributed by atoms with E-state index in [2.05, 4.69) is 9.47 Å². The van der Waals surface area contributed by atoms with Gasteiger partial charge in [-0.25, -0.2) is 0 Å². The summed E-state index contributed by atoms with van der Waals surface area (Å²) in [7, 11) is -2.65. The number of carbonyl (C=O) groups excluding carboxylic acids is 2. The van der Waals surface area contributed by atoms with Crippen LogP contribution in [0.1, 0.15) is 20.7 Å². The molecule has 0 saturated heterocycles. The van der Waals surface area contributed by atoms with Crippen molar-refractivity contribution in [3.05, 3.63) is 23.3 Å². The monoisotopic (exact) mass is 296 g/mol. The number of benzene rings is 1. The van der Waals surface area contributed by atoms with Gasteiger partial charge in [-0.15, -0.1) is 0 Å². The van der Waals surface area contributed by atoms with Gasteiger partial charge in [-0.2, -0.15) is 0 Å². The zero-order valence-corrected chi connectivity index (χ0v) is 13.3. The van der Waals surface area contributed by atoms with Gasteiger partial charge in [-0.1, -0.05) is 0 Å². The number of hydrogen-bond acceptors (Lipinski definition) is 6. The summed E-state index contributed by atoms with van der Waals surface area (Å²) in [5.74, 6) is -1.93. The SMILES string of the molecule is COC(=O)c1c[c]([Na])cc(C(=O)OC)c1S(=O)(=O)O. The second kappa shape index (κ2) is 6.02. The topological polar surface area (TPSA) is 107 Å². The first-order valence-electron chi connectivity index (χ1n) is 5.01. The van der Waals surface area contributed by atoms with E-state index in [0.29, 0.717) is 30.7 Å². The van der Waals surface area contributed by atoms with Crippen molar-refractivity contribution in [1.82, 2.24) is 0 Å². The van der Waals surface area contributed by atoms with Gasteiger partial charge >= 0.3 is 127 Å². The summed E-state index contributed by atoms with van der Waals surface area (Å²) in [6.45, 7) is 0. The molecule has 0 heterocycles. The maximum absolute atomic E-state index is 11.6. The van der Waals surface area contributed by atoms with Crippen molar-refractivity contribution in [2.75, 3.05) is 14.2 Å². The van der Waals surface area contributed by atoms with Crippen LogP contribution in [0.25, 0.3) is 0 Å². The minimum absolute atomic E-state index is 0.391. The Morgan fingerprint density at radius 3 is 1.74 bits per heavy atom. The van der Waals surface area contributed by atoms with Crippen LogP contribution in [-0.2, 0) is 19.6 Å². The Hall–Kier alpha value is -0.930. The predicted octanol–water partition coefficient (Wildman–Crippen LogP) is -0.700. The summed E-state index contributed by atoms with van der Waals surface area (Å²) in [5, 5.41) is 0. The molecule has 0 aliphatic heterocycles. The molecule has 0 aliphatic carbocycles. The van der Waals surface area contributed by atoms with Crippen LogP contribution in [0.3, 0.4) is 0 Å². The molecule has 1 rings (SSSR count). The third-order valence-corrected chi connectivity index (χ3v) is 3.83. The standard InChI is InChI=1S/C10H9O7S.Na/c1-16-9(11)6-4-3-5-7(10(12)17-2)8(6)18(13,14)15;/h4-5H,1-2H3,(H,13,14,15);. The Morgan fingerprint density at radius 1 is 1.11 bits per heavy atom. The van der Waals surface area contributed by atoms with Crippen molar-refractivity contribution >= 4 is 52.8 Å². The van der Waals surface area contributed by atoms with Crippen molar-refractivity contribution in [3.8, 4) is 0 Å². The van der Waals surface area contributed by atoms with Crippen molar-refractivity contribution < 1.29 is 32.0 Å². The molecule has 9 heteroatoms. The van der Waals surface area contributed by atoms with Crippen molar-refractivity contribution in [3.63, 3.8) is 0 Å². The van der Waals surface area contributed by atoms with Crippen LogP contribution in [0.2, 0.25) is 0 Å². The quantitative estimate of drug-likeness (QED) is 0.446. The van der Waals surface area contributed by atoms with Crippen LogP contribution in [0.15, 0.2) is 17.0 Å². The van der Waals surface area contributed by atoms with Gasteiger partial charge in [-0.3, -0.25) is 0 Å². The Morgan fingerprint density at radius 2 is 1.47 bits per heavy atom. The zero-order chi connectivity index (χ0) is 14.8. The van der Waals surface area contributed by atoms with Crippen molar-refractivity contribution in [2.45, 2.75) is 4.90 Å². The fraction of sp³-hybridized carbons (Fsp3) is 0.200. The summed E-state index contributed by atoms with van der Waals surface area (Å²) < 4.78 is 41.4.